The van der Waals surface area contributed by atoms with E-state index in [-0.39, 0.29) is 18.3 Å². The lowest BCUT2D eigenvalue weighted by Gasteiger charge is -2.26. The molecule has 0 aromatic carbocycles. The van der Waals surface area contributed by atoms with E-state index < -0.39 is 5.97 Å². The second kappa shape index (κ2) is 9.14. The molecule has 2 aromatic rings. The number of hydrogen-bond acceptors (Lipinski definition) is 7. The van der Waals surface area contributed by atoms with Crippen LogP contribution in [0.5, 0.6) is 0 Å². The maximum absolute atomic E-state index is 12.4. The van der Waals surface area contributed by atoms with Gasteiger partial charge in [0.15, 0.2) is 6.61 Å². The molecule has 1 aliphatic rings. The molecule has 8 heteroatoms. The molecule has 6 nitrogen and oxygen atoms in total. The molecule has 26 heavy (non-hydrogen) atoms. The van der Waals surface area contributed by atoms with E-state index >= 15 is 0 Å². The van der Waals surface area contributed by atoms with Gasteiger partial charge in [-0.2, -0.15) is 0 Å². The lowest BCUT2D eigenvalue weighted by atomic mass is 10.0. The summed E-state index contributed by atoms with van der Waals surface area (Å²) < 4.78 is 5.17. The van der Waals surface area contributed by atoms with E-state index in [0.717, 1.165) is 40.2 Å². The van der Waals surface area contributed by atoms with E-state index in [1.54, 1.807) is 4.90 Å². The number of hydrogen-bond donors (Lipinski definition) is 0. The first-order valence-electron chi connectivity index (χ1n) is 8.65. The number of thioether (sulfide) groups is 1. The van der Waals surface area contributed by atoms with E-state index in [2.05, 4.69) is 16.0 Å². The zero-order valence-electron chi connectivity index (χ0n) is 14.6. The summed E-state index contributed by atoms with van der Waals surface area (Å²) in [5.74, 6) is -0.468. The van der Waals surface area contributed by atoms with E-state index in [0.29, 0.717) is 6.54 Å². The average molecular weight is 392 g/mol. The highest BCUT2D eigenvalue weighted by Crippen LogP contribution is 2.27. The van der Waals surface area contributed by atoms with Crippen LogP contribution in [0.3, 0.4) is 0 Å². The molecule has 0 aliphatic heterocycles. The van der Waals surface area contributed by atoms with Crippen molar-refractivity contribution in [3.63, 3.8) is 0 Å². The summed E-state index contributed by atoms with van der Waals surface area (Å²) in [6, 6.07) is 1.94. The lowest BCUT2D eigenvalue weighted by molar-refractivity contribution is -0.149. The van der Waals surface area contributed by atoms with E-state index in [9.17, 15) is 9.59 Å². The van der Waals surface area contributed by atoms with Crippen LogP contribution in [-0.2, 0) is 14.3 Å². The maximum atomic E-state index is 12.4. The van der Waals surface area contributed by atoms with Gasteiger partial charge in [-0.3, -0.25) is 9.59 Å². The maximum Gasteiger partial charge on any atom is 0.316 e. The van der Waals surface area contributed by atoms with Crippen molar-refractivity contribution in [3.05, 3.63) is 29.5 Å². The fourth-order valence-corrected chi connectivity index (χ4v) is 4.45. The molecule has 0 unspecified atom stereocenters. The number of amides is 1. The van der Waals surface area contributed by atoms with Crippen molar-refractivity contribution in [2.45, 2.75) is 37.6 Å². The number of likely N-dealkylation sites (N-methyl/N-ethyl adjacent to an activating group) is 1. The molecule has 0 radical (unpaired) electrons. The van der Waals surface area contributed by atoms with Gasteiger partial charge in [0.1, 0.15) is 16.2 Å². The van der Waals surface area contributed by atoms with E-state index in [4.69, 9.17) is 4.74 Å². The fourth-order valence-electron chi connectivity index (χ4n) is 2.88. The van der Waals surface area contributed by atoms with Crippen LogP contribution in [-0.4, -0.2) is 45.6 Å². The zero-order chi connectivity index (χ0) is 18.4. The first-order valence-corrected chi connectivity index (χ1v) is 10.5. The second-order valence-corrected chi connectivity index (χ2v) is 7.71. The minimum absolute atomic E-state index is 0.115. The highest BCUT2D eigenvalue weighted by atomic mass is 32.2. The van der Waals surface area contributed by atoms with Gasteiger partial charge in [-0.15, -0.1) is 11.3 Å². The molecule has 1 aliphatic carbocycles. The second-order valence-electron chi connectivity index (χ2n) is 5.85. The monoisotopic (exact) mass is 391 g/mol. The molecule has 2 aromatic heterocycles. The minimum atomic E-state index is -0.418. The van der Waals surface area contributed by atoms with Crippen LogP contribution in [0.1, 0.15) is 32.6 Å². The van der Waals surface area contributed by atoms with Gasteiger partial charge in [0.25, 0.3) is 5.91 Å². The Kier molecular flexibility index (Phi) is 6.62. The van der Waals surface area contributed by atoms with Crippen molar-refractivity contribution in [1.82, 2.24) is 14.9 Å². The number of carbonyl (C=O) groups excluding carboxylic acids is 2. The van der Waals surface area contributed by atoms with Crippen molar-refractivity contribution < 1.29 is 14.3 Å². The third-order valence-electron chi connectivity index (χ3n) is 4.14. The predicted octanol–water partition coefficient (Wildman–Crippen LogP) is 3.63. The van der Waals surface area contributed by atoms with Gasteiger partial charge in [0.2, 0.25) is 0 Å². The number of aromatic nitrogens is 2. The number of allylic oxidation sites excluding steroid dienone is 2. The van der Waals surface area contributed by atoms with E-state index in [1.807, 2.05) is 18.4 Å². The van der Waals surface area contributed by atoms with Crippen molar-refractivity contribution in [1.29, 1.82) is 0 Å². The molecule has 0 fully saturated rings. The van der Waals surface area contributed by atoms with Gasteiger partial charge in [-0.05, 0) is 44.1 Å². The Bertz CT molecular complexity index is 819. The number of nitrogens with zero attached hydrogens (tertiary/aromatic N) is 3. The number of fused-ring (bicyclic) bond motifs is 1. The quantitative estimate of drug-likeness (QED) is 0.408. The molecule has 0 N–H and O–H groups in total. The van der Waals surface area contributed by atoms with Crippen LogP contribution < -0.4 is 0 Å². The third-order valence-corrected chi connectivity index (χ3v) is 5.94. The van der Waals surface area contributed by atoms with Crippen LogP contribution in [0.25, 0.3) is 10.2 Å². The van der Waals surface area contributed by atoms with Crippen molar-refractivity contribution in [2.24, 2.45) is 0 Å². The van der Waals surface area contributed by atoms with Gasteiger partial charge >= 0.3 is 5.97 Å². The van der Waals surface area contributed by atoms with Gasteiger partial charge in [0.05, 0.1) is 5.75 Å². The Morgan fingerprint density at radius 3 is 3.00 bits per heavy atom. The van der Waals surface area contributed by atoms with Crippen molar-refractivity contribution >= 4 is 45.2 Å². The van der Waals surface area contributed by atoms with Crippen LogP contribution in [0.4, 0.5) is 0 Å². The van der Waals surface area contributed by atoms with Gasteiger partial charge < -0.3 is 9.64 Å². The highest BCUT2D eigenvalue weighted by molar-refractivity contribution is 8.00. The summed E-state index contributed by atoms with van der Waals surface area (Å²) in [5.41, 5.74) is 1.05. The predicted molar refractivity (Wildman–Crippen MR) is 103 cm³/mol. The number of esters is 1. The molecule has 2 heterocycles. The normalized spacial score (nSPS) is 14.1. The fraction of sp³-hybridized carbons (Fsp3) is 0.444. The summed E-state index contributed by atoms with van der Waals surface area (Å²) >= 11 is 2.83. The largest absolute Gasteiger partial charge is 0.455 e. The molecule has 0 saturated heterocycles. The topological polar surface area (TPSA) is 72.4 Å². The van der Waals surface area contributed by atoms with Gasteiger partial charge in [-0.1, -0.05) is 17.8 Å². The van der Waals surface area contributed by atoms with E-state index in [1.165, 1.54) is 35.8 Å². The molecule has 138 valence electrons. The van der Waals surface area contributed by atoms with Crippen LogP contribution >= 0.6 is 23.1 Å². The Balaban J connectivity index is 1.49. The smallest absolute Gasteiger partial charge is 0.316 e. The van der Waals surface area contributed by atoms with Crippen LogP contribution in [0, 0.1) is 0 Å². The summed E-state index contributed by atoms with van der Waals surface area (Å²) in [5, 5.41) is 3.63. The minimum Gasteiger partial charge on any atom is -0.455 e. The molecule has 3 rings (SSSR count). The average Bonchev–Trinajstić information content (AvgIpc) is 3.15. The lowest BCUT2D eigenvalue weighted by Crippen LogP contribution is -2.34. The van der Waals surface area contributed by atoms with Gasteiger partial charge in [0, 0.05) is 17.6 Å². The summed E-state index contributed by atoms with van der Waals surface area (Å²) in [6.07, 6.45) is 7.79. The summed E-state index contributed by atoms with van der Waals surface area (Å²) in [7, 11) is 0. The SMILES string of the molecule is CCN(C(=O)COC(=O)CSc1ncnc2sccc12)C1=CCCCC1. The van der Waals surface area contributed by atoms with Crippen LogP contribution in [0.2, 0.25) is 0 Å². The van der Waals surface area contributed by atoms with Crippen LogP contribution in [0.15, 0.2) is 34.6 Å². The highest BCUT2D eigenvalue weighted by Gasteiger charge is 2.19. The third kappa shape index (κ3) is 4.62. The number of thiophene rings is 1. The van der Waals surface area contributed by atoms with Gasteiger partial charge in [-0.25, -0.2) is 9.97 Å². The molecule has 0 bridgehead atoms. The zero-order valence-corrected chi connectivity index (χ0v) is 16.3. The first-order chi connectivity index (χ1) is 12.7. The first kappa shape index (κ1) is 18.8. The Labute approximate surface area is 160 Å². The molecule has 1 amide bonds. The molecular weight excluding hydrogens is 370 g/mol. The number of rotatable bonds is 7. The van der Waals surface area contributed by atoms with Crippen molar-refractivity contribution in [2.75, 3.05) is 18.9 Å². The summed E-state index contributed by atoms with van der Waals surface area (Å²) in [6.45, 7) is 2.31. The number of carbonyl (C=O) groups is 2. The summed E-state index contributed by atoms with van der Waals surface area (Å²) in [4.78, 5) is 35.4. The Morgan fingerprint density at radius 2 is 2.23 bits per heavy atom. The van der Waals surface area contributed by atoms with Crippen molar-refractivity contribution in [3.8, 4) is 0 Å². The standard InChI is InChI=1S/C18H21N3O3S2/c1-2-21(13-6-4-3-5-7-13)15(22)10-24-16(23)11-26-18-14-8-9-25-17(14)19-12-20-18/h6,8-9,12H,2-5,7,10-11H2,1H3. The molecule has 0 atom stereocenters. The Hall–Kier alpha value is -1.93. The molecular formula is C18H21N3O3S2. The number of ether oxygens (including phenoxy) is 1. The molecule has 0 spiro atoms. The molecule has 0 saturated carbocycles. The Morgan fingerprint density at radius 1 is 1.35 bits per heavy atom.